The predicted molar refractivity (Wildman–Crippen MR) is 198 cm³/mol. The van der Waals surface area contributed by atoms with Crippen LogP contribution in [0.1, 0.15) is 78.4 Å². The number of ether oxygens (including phenoxy) is 3. The molecule has 7 rings (SSSR count). The van der Waals surface area contributed by atoms with Crippen LogP contribution in [0.15, 0.2) is 68.7 Å². The summed E-state index contributed by atoms with van der Waals surface area (Å²) in [7, 11) is 1.38. The van der Waals surface area contributed by atoms with E-state index >= 15 is 0 Å². The van der Waals surface area contributed by atoms with Crippen molar-refractivity contribution < 1.29 is 67.8 Å². The van der Waals surface area contributed by atoms with E-state index in [4.69, 9.17) is 18.6 Å². The standard InChI is InChI=1S/C40H33N3O15/c1-14-10-16(3)34(33(50)36(51)40(4)13-41-26-31(48)19-11-15(2)29(46)24(28(14)45)23(19)32(49)35(26)58-40)57-38(53)25-21(44)9-8-20(42-25)37(52)43-27-30(47)18-7-6-17(55-5)12-22(18)56-39(27)54/h6-12,16,33-34,41,44,46-47,50H,13H2,1-5H3,(H,43,52)/b14-10-/t16-,33-,34+,40-/m0/s1. The van der Waals surface area contributed by atoms with E-state index in [0.29, 0.717) is 5.75 Å². The highest BCUT2D eigenvalue weighted by Gasteiger charge is 2.51. The molecule has 1 aliphatic carbocycles. The third kappa shape index (κ3) is 6.19. The molecule has 18 heteroatoms. The number of rotatable bonds is 5. The molecule has 0 unspecified atom stereocenters. The Morgan fingerprint density at radius 2 is 1.69 bits per heavy atom. The second-order valence-corrected chi connectivity index (χ2v) is 14.1. The van der Waals surface area contributed by atoms with Gasteiger partial charge in [-0.1, -0.05) is 13.0 Å². The predicted octanol–water partition coefficient (Wildman–Crippen LogP) is 2.78. The third-order valence-corrected chi connectivity index (χ3v) is 10.1. The molecule has 18 nitrogen and oxygen atoms in total. The Labute approximate surface area is 326 Å². The summed E-state index contributed by atoms with van der Waals surface area (Å²) < 4.78 is 21.8. The molecule has 0 saturated carbocycles. The lowest BCUT2D eigenvalue weighted by atomic mass is 9.82. The Bertz CT molecular complexity index is 2690. The number of methoxy groups -OCH3 is 1. The van der Waals surface area contributed by atoms with Crippen molar-refractivity contribution in [2.75, 3.05) is 19.0 Å². The lowest BCUT2D eigenvalue weighted by Crippen LogP contribution is -2.59. The molecule has 2 aromatic heterocycles. The highest BCUT2D eigenvalue weighted by atomic mass is 16.6. The van der Waals surface area contributed by atoms with Gasteiger partial charge in [0, 0.05) is 17.5 Å². The van der Waals surface area contributed by atoms with Crippen molar-refractivity contribution in [3.05, 3.63) is 104 Å². The molecule has 298 valence electrons. The van der Waals surface area contributed by atoms with E-state index in [-0.39, 0.29) is 33.4 Å². The number of allylic oxidation sites excluding steroid dienone is 3. The van der Waals surface area contributed by atoms with Crippen molar-refractivity contribution in [2.24, 2.45) is 5.92 Å². The fourth-order valence-corrected chi connectivity index (χ4v) is 6.99. The van der Waals surface area contributed by atoms with Crippen LogP contribution in [0.5, 0.6) is 23.0 Å². The molecule has 4 aromatic rings. The van der Waals surface area contributed by atoms with Gasteiger partial charge in [-0.25, -0.2) is 14.6 Å². The summed E-state index contributed by atoms with van der Waals surface area (Å²) in [5.41, 5.74) is -6.86. The zero-order valence-electron chi connectivity index (χ0n) is 31.2. The van der Waals surface area contributed by atoms with Gasteiger partial charge >= 0.3 is 11.6 Å². The highest BCUT2D eigenvalue weighted by Crippen LogP contribution is 2.40. The number of aromatic hydroxyl groups is 3. The molecule has 4 heterocycles. The Morgan fingerprint density at radius 1 is 0.966 bits per heavy atom. The Morgan fingerprint density at radius 3 is 2.40 bits per heavy atom. The van der Waals surface area contributed by atoms with Gasteiger partial charge in [0.05, 0.1) is 30.2 Å². The summed E-state index contributed by atoms with van der Waals surface area (Å²) in [6.45, 7) is 4.88. The van der Waals surface area contributed by atoms with E-state index in [1.54, 1.807) is 0 Å². The Kier molecular flexibility index (Phi) is 9.39. The number of nitrogens with zero attached hydrogens (tertiary/aromatic N) is 1. The average molecular weight is 796 g/mol. The first-order valence-electron chi connectivity index (χ1n) is 17.5. The second kappa shape index (κ2) is 14.0. The molecule has 6 N–H and O–H groups in total. The van der Waals surface area contributed by atoms with E-state index in [1.165, 1.54) is 65.1 Å². The molecule has 1 amide bonds. The SMILES string of the molecule is COc1ccc2c(O)c(NC(=O)c3ccc(O)c(C(=O)O[C@H]4[C@H](O)C(=O)[C@]5(C)CNC6=C(O5)C(=O)c5c(cc(C)c(O)c5C(=O)/C(C)=C\[C@@H]4C)C6=O)n3)c(=O)oc2c1. The topological polar surface area (TPSA) is 278 Å². The number of pyridine rings is 1. The summed E-state index contributed by atoms with van der Waals surface area (Å²) in [5.74, 6) is -9.91. The number of esters is 1. The van der Waals surface area contributed by atoms with Crippen molar-refractivity contribution in [1.29, 1.82) is 0 Å². The zero-order chi connectivity index (χ0) is 42.1. The number of phenols is 1. The fourth-order valence-electron chi connectivity index (χ4n) is 6.99. The lowest BCUT2D eigenvalue weighted by Gasteiger charge is -2.39. The van der Waals surface area contributed by atoms with Crippen LogP contribution in [0, 0.1) is 12.8 Å². The monoisotopic (exact) mass is 795 g/mol. The van der Waals surface area contributed by atoms with Crippen LogP contribution in [-0.4, -0.2) is 91.9 Å². The fraction of sp³-hybridized carbons (Fsp3) is 0.250. The minimum atomic E-state index is -2.25. The Balaban J connectivity index is 1.24. The van der Waals surface area contributed by atoms with Crippen molar-refractivity contribution in [3.63, 3.8) is 0 Å². The number of nitrogens with one attached hydrogen (secondary N) is 2. The number of aromatic nitrogens is 1. The van der Waals surface area contributed by atoms with Gasteiger partial charge in [0.1, 0.15) is 40.3 Å². The molecular weight excluding hydrogens is 762 g/mol. The molecule has 4 atom stereocenters. The van der Waals surface area contributed by atoms with Crippen molar-refractivity contribution >= 4 is 51.7 Å². The third-order valence-electron chi connectivity index (χ3n) is 10.1. The van der Waals surface area contributed by atoms with Gasteiger partial charge in [0.15, 0.2) is 40.4 Å². The van der Waals surface area contributed by atoms with Gasteiger partial charge in [0.25, 0.3) is 5.91 Å². The number of aliphatic hydroxyl groups is 1. The van der Waals surface area contributed by atoms with Crippen molar-refractivity contribution in [2.45, 2.75) is 45.5 Å². The molecule has 2 aromatic carbocycles. The first-order chi connectivity index (χ1) is 27.4. The van der Waals surface area contributed by atoms with Crippen molar-refractivity contribution in [1.82, 2.24) is 10.3 Å². The number of aliphatic hydroxyl groups excluding tert-OH is 1. The molecule has 3 aliphatic rings. The molecule has 58 heavy (non-hydrogen) atoms. The number of hydrogen-bond acceptors (Lipinski definition) is 17. The molecule has 2 aliphatic heterocycles. The maximum absolute atomic E-state index is 14.1. The molecule has 0 radical (unpaired) electrons. The summed E-state index contributed by atoms with van der Waals surface area (Å²) in [5, 5.41) is 49.1. The lowest BCUT2D eigenvalue weighted by molar-refractivity contribution is -0.154. The molecular formula is C40H33N3O15. The number of carbonyl (C=O) groups is 6. The number of anilines is 1. The molecule has 0 fully saturated rings. The number of ketones is 4. The van der Waals surface area contributed by atoms with E-state index in [0.717, 1.165) is 12.1 Å². The van der Waals surface area contributed by atoms with Gasteiger partial charge in [-0.05, 0) is 62.2 Å². The van der Waals surface area contributed by atoms with Crippen LogP contribution in [0.3, 0.4) is 0 Å². The summed E-state index contributed by atoms with van der Waals surface area (Å²) in [4.78, 5) is 99.3. The van der Waals surface area contributed by atoms with Gasteiger partial charge in [-0.3, -0.25) is 24.0 Å². The van der Waals surface area contributed by atoms with Gasteiger partial charge < -0.3 is 49.7 Å². The van der Waals surface area contributed by atoms with Crippen molar-refractivity contribution in [3.8, 4) is 23.0 Å². The van der Waals surface area contributed by atoms with Crippen LogP contribution >= 0.6 is 0 Å². The smallest absolute Gasteiger partial charge is 0.364 e. The summed E-state index contributed by atoms with van der Waals surface area (Å²) >= 11 is 0. The largest absolute Gasteiger partial charge is 0.507 e. The van der Waals surface area contributed by atoms with E-state index in [2.05, 4.69) is 15.6 Å². The maximum atomic E-state index is 14.1. The number of carbonyl (C=O) groups excluding carboxylic acids is 6. The van der Waals surface area contributed by atoms with Crippen LogP contribution < -0.4 is 21.0 Å². The quantitative estimate of drug-likeness (QED) is 0.125. The Hall–Kier alpha value is -7.34. The minimum Gasteiger partial charge on any atom is -0.507 e. The van der Waals surface area contributed by atoms with Crippen LogP contribution in [0.25, 0.3) is 11.0 Å². The normalized spacial score (nSPS) is 22.5. The first kappa shape index (κ1) is 38.9. The van der Waals surface area contributed by atoms with Crippen LogP contribution in [-0.2, 0) is 14.3 Å². The van der Waals surface area contributed by atoms with E-state index in [1.807, 2.05) is 0 Å². The van der Waals surface area contributed by atoms with Gasteiger partial charge in [0.2, 0.25) is 17.3 Å². The number of Topliss-reactive ketones (excluding diaryl/α,β-unsaturated/α-hetero) is 4. The molecule has 0 spiro atoms. The first-order valence-corrected chi connectivity index (χ1v) is 17.5. The number of amides is 1. The zero-order valence-corrected chi connectivity index (χ0v) is 31.2. The van der Waals surface area contributed by atoms with Crippen LogP contribution in [0.4, 0.5) is 5.69 Å². The number of fused-ring (bicyclic) bond motifs is 2. The van der Waals surface area contributed by atoms with E-state index in [9.17, 15) is 54.0 Å². The second-order valence-electron chi connectivity index (χ2n) is 14.1. The summed E-state index contributed by atoms with van der Waals surface area (Å²) in [6.07, 6.45) is -2.90. The summed E-state index contributed by atoms with van der Waals surface area (Å²) in [6, 6.07) is 7.34. The number of phenolic OH excluding ortho intramolecular Hbond substituents is 1. The highest BCUT2D eigenvalue weighted by molar-refractivity contribution is 6.31. The number of benzene rings is 2. The number of aryl methyl sites for hydroxylation is 1. The maximum Gasteiger partial charge on any atom is 0.364 e. The van der Waals surface area contributed by atoms with Gasteiger partial charge in [-0.2, -0.15) is 0 Å². The van der Waals surface area contributed by atoms with Gasteiger partial charge in [-0.15, -0.1) is 0 Å². The van der Waals surface area contributed by atoms with E-state index < -0.39 is 122 Å². The van der Waals surface area contributed by atoms with Crippen LogP contribution in [0.2, 0.25) is 0 Å². The molecule has 0 saturated heterocycles. The number of hydrogen-bond donors (Lipinski definition) is 6. The minimum absolute atomic E-state index is 0.0455. The molecule has 3 bridgehead atoms. The average Bonchev–Trinajstić information content (AvgIpc) is 3.19.